The minimum atomic E-state index is -0.436. The van der Waals surface area contributed by atoms with E-state index in [-0.39, 0.29) is 5.69 Å². The maximum Gasteiger partial charge on any atom is 0.287 e. The third kappa shape index (κ3) is 3.37. The molecule has 88 valence electrons. The number of nitro groups is 1. The molecule has 0 saturated heterocycles. The van der Waals surface area contributed by atoms with Gasteiger partial charge < -0.3 is 5.32 Å². The van der Waals surface area contributed by atoms with E-state index in [1.54, 1.807) is 11.8 Å². The number of anilines is 1. The van der Waals surface area contributed by atoms with Gasteiger partial charge in [-0.25, -0.2) is 4.98 Å². The van der Waals surface area contributed by atoms with Crippen LogP contribution >= 0.6 is 11.8 Å². The molecule has 0 amide bonds. The zero-order valence-corrected chi connectivity index (χ0v) is 10.4. The van der Waals surface area contributed by atoms with E-state index in [1.165, 1.54) is 12.3 Å². The van der Waals surface area contributed by atoms with Crippen LogP contribution in [-0.2, 0) is 0 Å². The van der Waals surface area contributed by atoms with Gasteiger partial charge in [0.15, 0.2) is 0 Å². The van der Waals surface area contributed by atoms with Gasteiger partial charge in [0, 0.05) is 17.9 Å². The van der Waals surface area contributed by atoms with Crippen molar-refractivity contribution in [3.8, 4) is 0 Å². The Morgan fingerprint density at radius 3 is 2.88 bits per heavy atom. The predicted octanol–water partition coefficient (Wildman–Crippen LogP) is 2.46. The minimum absolute atomic E-state index is 0.0287. The quantitative estimate of drug-likeness (QED) is 0.633. The second kappa shape index (κ2) is 5.69. The first-order valence-corrected chi connectivity index (χ1v) is 6.21. The van der Waals surface area contributed by atoms with Crippen LogP contribution < -0.4 is 5.32 Å². The van der Waals surface area contributed by atoms with Crippen molar-refractivity contribution in [3.63, 3.8) is 0 Å². The monoisotopic (exact) mass is 241 g/mol. The molecule has 0 aliphatic carbocycles. The van der Waals surface area contributed by atoms with Crippen LogP contribution in [0.2, 0.25) is 0 Å². The van der Waals surface area contributed by atoms with Crippen molar-refractivity contribution in [2.24, 2.45) is 0 Å². The summed E-state index contributed by atoms with van der Waals surface area (Å²) >= 11 is 1.76. The Balaban J connectivity index is 2.72. The van der Waals surface area contributed by atoms with Crippen molar-refractivity contribution >= 4 is 23.3 Å². The molecule has 1 atom stereocenters. The van der Waals surface area contributed by atoms with Gasteiger partial charge in [-0.15, -0.1) is 0 Å². The van der Waals surface area contributed by atoms with Crippen molar-refractivity contribution in [1.82, 2.24) is 4.98 Å². The van der Waals surface area contributed by atoms with Crippen LogP contribution in [0.25, 0.3) is 0 Å². The Morgan fingerprint density at radius 2 is 2.38 bits per heavy atom. The maximum absolute atomic E-state index is 10.5. The lowest BCUT2D eigenvalue weighted by molar-refractivity contribution is -0.385. The minimum Gasteiger partial charge on any atom is -0.369 e. The molecular formula is C10H15N3O2S. The van der Waals surface area contributed by atoms with E-state index in [4.69, 9.17) is 0 Å². The molecule has 0 fully saturated rings. The van der Waals surface area contributed by atoms with E-state index in [0.29, 0.717) is 11.1 Å². The second-order valence-corrected chi connectivity index (χ2v) is 4.82. The summed E-state index contributed by atoms with van der Waals surface area (Å²) in [6.45, 7) is 4.72. The van der Waals surface area contributed by atoms with Crippen molar-refractivity contribution in [1.29, 1.82) is 0 Å². The Labute approximate surface area is 98.8 Å². The highest BCUT2D eigenvalue weighted by Crippen LogP contribution is 2.18. The fourth-order valence-corrected chi connectivity index (χ4v) is 1.42. The standard InChI is InChI=1S/C10H15N3O2S/c1-7-4-9(13(14)15)6-12-10(7)11-5-8(2)16-3/h4,6,8H,5H2,1-3H3,(H,11,12)/t8-/m0/s1. The van der Waals surface area contributed by atoms with Crippen LogP contribution in [0.5, 0.6) is 0 Å². The predicted molar refractivity (Wildman–Crippen MR) is 67.1 cm³/mol. The third-order valence-electron chi connectivity index (χ3n) is 2.23. The molecule has 1 rings (SSSR count). The molecular weight excluding hydrogens is 226 g/mol. The van der Waals surface area contributed by atoms with Crippen molar-refractivity contribution < 1.29 is 4.92 Å². The number of aromatic nitrogens is 1. The second-order valence-electron chi connectivity index (χ2n) is 3.54. The molecule has 1 aromatic heterocycles. The number of hydrogen-bond donors (Lipinski definition) is 1. The molecule has 0 bridgehead atoms. The summed E-state index contributed by atoms with van der Waals surface area (Å²) in [6.07, 6.45) is 3.32. The van der Waals surface area contributed by atoms with Crippen molar-refractivity contribution in [2.75, 3.05) is 18.1 Å². The summed E-state index contributed by atoms with van der Waals surface area (Å²) in [5.74, 6) is 0.714. The summed E-state index contributed by atoms with van der Waals surface area (Å²) in [5, 5.41) is 14.2. The Kier molecular flexibility index (Phi) is 4.54. The molecule has 1 heterocycles. The smallest absolute Gasteiger partial charge is 0.287 e. The van der Waals surface area contributed by atoms with Gasteiger partial charge in [-0.3, -0.25) is 10.1 Å². The molecule has 16 heavy (non-hydrogen) atoms. The highest BCUT2D eigenvalue weighted by Gasteiger charge is 2.09. The van der Waals surface area contributed by atoms with Gasteiger partial charge >= 0.3 is 0 Å². The first-order chi connectivity index (χ1) is 7.54. The molecule has 0 aromatic carbocycles. The fraction of sp³-hybridized carbons (Fsp3) is 0.500. The highest BCUT2D eigenvalue weighted by atomic mass is 32.2. The summed E-state index contributed by atoms with van der Waals surface area (Å²) in [5.41, 5.74) is 0.823. The first kappa shape index (κ1) is 12.8. The summed E-state index contributed by atoms with van der Waals surface area (Å²) in [6, 6.07) is 1.53. The molecule has 1 N–H and O–H groups in total. The lowest BCUT2D eigenvalue weighted by atomic mass is 10.2. The summed E-state index contributed by atoms with van der Waals surface area (Å²) < 4.78 is 0. The van der Waals surface area contributed by atoms with E-state index in [2.05, 4.69) is 17.2 Å². The molecule has 6 heteroatoms. The van der Waals surface area contributed by atoms with Gasteiger partial charge in [-0.2, -0.15) is 11.8 Å². The van der Waals surface area contributed by atoms with Gasteiger partial charge in [0.1, 0.15) is 12.0 Å². The number of nitrogens with zero attached hydrogens (tertiary/aromatic N) is 2. The molecule has 0 aliphatic rings. The van der Waals surface area contributed by atoms with E-state index in [0.717, 1.165) is 12.1 Å². The Hall–Kier alpha value is -1.30. The van der Waals surface area contributed by atoms with E-state index < -0.39 is 4.92 Å². The molecule has 0 unspecified atom stereocenters. The summed E-state index contributed by atoms with van der Waals surface area (Å²) in [4.78, 5) is 14.1. The molecule has 0 radical (unpaired) electrons. The molecule has 0 spiro atoms. The molecule has 5 nitrogen and oxygen atoms in total. The molecule has 0 aliphatic heterocycles. The zero-order valence-electron chi connectivity index (χ0n) is 9.56. The fourth-order valence-electron chi connectivity index (χ4n) is 1.17. The van der Waals surface area contributed by atoms with Crippen LogP contribution in [0.4, 0.5) is 11.5 Å². The topological polar surface area (TPSA) is 68.1 Å². The lowest BCUT2D eigenvalue weighted by Gasteiger charge is -2.11. The van der Waals surface area contributed by atoms with Gasteiger partial charge in [-0.1, -0.05) is 6.92 Å². The maximum atomic E-state index is 10.5. The molecule has 1 aromatic rings. The number of pyridine rings is 1. The normalized spacial score (nSPS) is 12.2. The van der Waals surface area contributed by atoms with Crippen molar-refractivity contribution in [2.45, 2.75) is 19.1 Å². The van der Waals surface area contributed by atoms with Crippen LogP contribution in [0.15, 0.2) is 12.3 Å². The largest absolute Gasteiger partial charge is 0.369 e. The molecule has 0 saturated carbocycles. The SMILES string of the molecule is CS[C@@H](C)CNc1ncc([N+](=O)[O-])cc1C. The van der Waals surface area contributed by atoms with Crippen LogP contribution in [0.1, 0.15) is 12.5 Å². The van der Waals surface area contributed by atoms with E-state index >= 15 is 0 Å². The van der Waals surface area contributed by atoms with Crippen LogP contribution in [0, 0.1) is 17.0 Å². The van der Waals surface area contributed by atoms with Crippen LogP contribution in [-0.4, -0.2) is 28.0 Å². The Morgan fingerprint density at radius 1 is 1.69 bits per heavy atom. The Bertz CT molecular complexity index is 384. The number of thioether (sulfide) groups is 1. The van der Waals surface area contributed by atoms with E-state index in [9.17, 15) is 10.1 Å². The number of aryl methyl sites for hydroxylation is 1. The number of nitrogens with one attached hydrogen (secondary N) is 1. The average Bonchev–Trinajstić information content (AvgIpc) is 2.26. The zero-order chi connectivity index (χ0) is 12.1. The number of rotatable bonds is 5. The lowest BCUT2D eigenvalue weighted by Crippen LogP contribution is -2.14. The van der Waals surface area contributed by atoms with E-state index in [1.807, 2.05) is 13.2 Å². The highest BCUT2D eigenvalue weighted by molar-refractivity contribution is 7.99. The summed E-state index contributed by atoms with van der Waals surface area (Å²) in [7, 11) is 0. The van der Waals surface area contributed by atoms with Crippen molar-refractivity contribution in [3.05, 3.63) is 27.9 Å². The first-order valence-electron chi connectivity index (χ1n) is 4.92. The van der Waals surface area contributed by atoms with Gasteiger partial charge in [-0.05, 0) is 18.7 Å². The van der Waals surface area contributed by atoms with Gasteiger partial charge in [0.05, 0.1) is 4.92 Å². The van der Waals surface area contributed by atoms with Gasteiger partial charge in [0.2, 0.25) is 0 Å². The van der Waals surface area contributed by atoms with Crippen LogP contribution in [0.3, 0.4) is 0 Å². The van der Waals surface area contributed by atoms with Gasteiger partial charge in [0.25, 0.3) is 5.69 Å². The third-order valence-corrected chi connectivity index (χ3v) is 3.21. The number of hydrogen-bond acceptors (Lipinski definition) is 5. The average molecular weight is 241 g/mol.